The van der Waals surface area contributed by atoms with Gasteiger partial charge in [-0.1, -0.05) is 6.07 Å². The summed E-state index contributed by atoms with van der Waals surface area (Å²) in [5, 5.41) is 6.56. The third kappa shape index (κ3) is 3.18. The molecule has 0 spiro atoms. The molecule has 1 aromatic carbocycles. The van der Waals surface area contributed by atoms with Gasteiger partial charge >= 0.3 is 6.03 Å². The molecule has 1 aromatic heterocycles. The quantitative estimate of drug-likeness (QED) is 0.901. The minimum absolute atomic E-state index is 0.0687. The number of nitrogens with one attached hydrogen (secondary N) is 2. The van der Waals surface area contributed by atoms with Crippen molar-refractivity contribution in [3.8, 4) is 0 Å². The summed E-state index contributed by atoms with van der Waals surface area (Å²) in [4.78, 5) is 30.4. The highest BCUT2D eigenvalue weighted by atomic mass is 16.2. The largest absolute Gasteiger partial charge is 0.350 e. The number of pyridine rings is 1. The van der Waals surface area contributed by atoms with E-state index in [2.05, 4.69) is 21.7 Å². The minimum Gasteiger partial charge on any atom is -0.350 e. The molecule has 0 atom stereocenters. The summed E-state index contributed by atoms with van der Waals surface area (Å²) < 4.78 is 0. The highest BCUT2D eigenvalue weighted by Gasteiger charge is 2.19. The van der Waals surface area contributed by atoms with Crippen LogP contribution in [0.1, 0.15) is 27.2 Å². The van der Waals surface area contributed by atoms with Crippen molar-refractivity contribution in [3.63, 3.8) is 0 Å². The zero-order valence-corrected chi connectivity index (χ0v) is 14.3. The average molecular weight is 326 g/mol. The third-order valence-electron chi connectivity index (χ3n) is 4.24. The number of hydrogen-bond donors (Lipinski definition) is 2. The normalized spacial score (nSPS) is 14.1. The molecule has 1 aliphatic heterocycles. The van der Waals surface area contributed by atoms with Crippen LogP contribution in [0.15, 0.2) is 18.2 Å². The maximum Gasteiger partial charge on any atom is 0.317 e. The predicted molar refractivity (Wildman–Crippen MR) is 93.3 cm³/mol. The Kier molecular flexibility index (Phi) is 4.38. The molecule has 0 radical (unpaired) electrons. The van der Waals surface area contributed by atoms with E-state index in [4.69, 9.17) is 0 Å². The third-order valence-corrected chi connectivity index (χ3v) is 4.24. The van der Waals surface area contributed by atoms with Crippen molar-refractivity contribution in [2.45, 2.75) is 20.8 Å². The second kappa shape index (κ2) is 6.47. The minimum atomic E-state index is -0.128. The number of rotatable bonds is 4. The number of carbonyl (C=O) groups is 2. The van der Waals surface area contributed by atoms with Crippen molar-refractivity contribution < 1.29 is 9.59 Å². The van der Waals surface area contributed by atoms with Crippen LogP contribution in [-0.2, 0) is 0 Å². The van der Waals surface area contributed by atoms with Gasteiger partial charge in [0.15, 0.2) is 0 Å². The molecule has 2 aromatic rings. The van der Waals surface area contributed by atoms with Gasteiger partial charge in [-0.25, -0.2) is 4.79 Å². The molecular weight excluding hydrogens is 304 g/mol. The predicted octanol–water partition coefficient (Wildman–Crippen LogP) is 1.92. The van der Waals surface area contributed by atoms with Crippen LogP contribution in [0, 0.1) is 20.8 Å². The van der Waals surface area contributed by atoms with Crippen LogP contribution in [0.2, 0.25) is 0 Å². The number of carbonyl (C=O) groups excluding carboxylic acids is 2. The van der Waals surface area contributed by atoms with Crippen LogP contribution < -0.4 is 10.6 Å². The zero-order chi connectivity index (χ0) is 17.3. The van der Waals surface area contributed by atoms with Gasteiger partial charge in [0.05, 0.1) is 11.1 Å². The summed E-state index contributed by atoms with van der Waals surface area (Å²) >= 11 is 0. The smallest absolute Gasteiger partial charge is 0.317 e. The number of hydrogen-bond acceptors (Lipinski definition) is 3. The molecule has 1 saturated heterocycles. The molecular formula is C18H22N4O2. The average Bonchev–Trinajstić information content (AvgIpc) is 2.91. The Hall–Kier alpha value is -2.63. The molecule has 126 valence electrons. The fourth-order valence-corrected chi connectivity index (χ4v) is 3.19. The Bertz CT molecular complexity index is 811. The molecule has 0 bridgehead atoms. The van der Waals surface area contributed by atoms with Crippen molar-refractivity contribution >= 4 is 22.8 Å². The molecule has 0 saturated carbocycles. The van der Waals surface area contributed by atoms with E-state index in [0.717, 1.165) is 27.7 Å². The first kappa shape index (κ1) is 16.2. The molecule has 6 heteroatoms. The van der Waals surface area contributed by atoms with Gasteiger partial charge in [0.25, 0.3) is 5.91 Å². The Balaban J connectivity index is 1.80. The molecule has 0 aliphatic carbocycles. The maximum absolute atomic E-state index is 12.6. The molecule has 6 nitrogen and oxygen atoms in total. The second-order valence-electron chi connectivity index (χ2n) is 6.26. The van der Waals surface area contributed by atoms with E-state index in [0.29, 0.717) is 31.7 Å². The van der Waals surface area contributed by atoms with E-state index in [1.54, 1.807) is 4.90 Å². The number of fused-ring (bicyclic) bond motifs is 1. The molecule has 1 aliphatic rings. The van der Waals surface area contributed by atoms with Gasteiger partial charge in [-0.2, -0.15) is 0 Å². The number of aryl methyl sites for hydroxylation is 3. The van der Waals surface area contributed by atoms with Crippen LogP contribution in [0.25, 0.3) is 10.9 Å². The Morgan fingerprint density at radius 3 is 2.79 bits per heavy atom. The second-order valence-corrected chi connectivity index (χ2v) is 6.26. The van der Waals surface area contributed by atoms with E-state index in [9.17, 15) is 9.59 Å². The van der Waals surface area contributed by atoms with Gasteiger partial charge in [0, 0.05) is 37.3 Å². The van der Waals surface area contributed by atoms with Gasteiger partial charge in [0.1, 0.15) is 0 Å². The SMILES string of the molecule is Cc1cc(C)c2c(C(=O)NCCN3CCNC3=O)cc(C)nc2c1. The molecule has 0 unspecified atom stereocenters. The molecule has 24 heavy (non-hydrogen) atoms. The Morgan fingerprint density at radius 1 is 1.29 bits per heavy atom. The Morgan fingerprint density at radius 2 is 2.08 bits per heavy atom. The molecule has 3 amide bonds. The molecule has 2 heterocycles. The fraction of sp³-hybridized carbons (Fsp3) is 0.389. The van der Waals surface area contributed by atoms with E-state index in [1.807, 2.05) is 32.9 Å². The van der Waals surface area contributed by atoms with E-state index in [-0.39, 0.29) is 11.9 Å². The summed E-state index contributed by atoms with van der Waals surface area (Å²) in [7, 11) is 0. The first-order valence-electron chi connectivity index (χ1n) is 8.15. The standard InChI is InChI=1S/C18H22N4O2/c1-11-8-12(2)16-14(10-13(3)21-15(16)9-11)17(23)19-4-6-22-7-5-20-18(22)24/h8-10H,4-7H2,1-3H3,(H,19,23)(H,20,24). The summed E-state index contributed by atoms with van der Waals surface area (Å²) in [5.74, 6) is -0.128. The summed E-state index contributed by atoms with van der Waals surface area (Å²) in [5.41, 5.74) is 4.47. The highest BCUT2D eigenvalue weighted by molar-refractivity contribution is 6.07. The zero-order valence-electron chi connectivity index (χ0n) is 14.3. The van der Waals surface area contributed by atoms with Gasteiger partial charge in [0.2, 0.25) is 0 Å². The lowest BCUT2D eigenvalue weighted by Crippen LogP contribution is -2.36. The Labute approximate surface area is 141 Å². The number of benzene rings is 1. The van der Waals surface area contributed by atoms with Crippen molar-refractivity contribution in [2.24, 2.45) is 0 Å². The fourth-order valence-electron chi connectivity index (χ4n) is 3.19. The van der Waals surface area contributed by atoms with E-state index >= 15 is 0 Å². The van der Waals surface area contributed by atoms with E-state index in [1.165, 1.54) is 0 Å². The van der Waals surface area contributed by atoms with Gasteiger partial charge < -0.3 is 15.5 Å². The van der Waals surface area contributed by atoms with Crippen LogP contribution in [0.4, 0.5) is 4.79 Å². The van der Waals surface area contributed by atoms with Gasteiger partial charge in [-0.15, -0.1) is 0 Å². The topological polar surface area (TPSA) is 74.3 Å². The summed E-state index contributed by atoms with van der Waals surface area (Å²) in [6.45, 7) is 8.21. The van der Waals surface area contributed by atoms with Gasteiger partial charge in [-0.05, 0) is 44.0 Å². The van der Waals surface area contributed by atoms with Crippen molar-refractivity contribution in [2.75, 3.05) is 26.2 Å². The molecule has 2 N–H and O–H groups in total. The maximum atomic E-state index is 12.6. The lowest BCUT2D eigenvalue weighted by molar-refractivity contribution is 0.0951. The highest BCUT2D eigenvalue weighted by Crippen LogP contribution is 2.24. The number of nitrogens with zero attached hydrogens (tertiary/aromatic N) is 2. The monoisotopic (exact) mass is 326 g/mol. The molecule has 3 rings (SSSR count). The summed E-state index contributed by atoms with van der Waals surface area (Å²) in [6.07, 6.45) is 0. The van der Waals surface area contributed by atoms with Crippen LogP contribution in [-0.4, -0.2) is 48.0 Å². The van der Waals surface area contributed by atoms with Crippen LogP contribution in [0.5, 0.6) is 0 Å². The molecule has 1 fully saturated rings. The first-order valence-corrected chi connectivity index (χ1v) is 8.15. The number of amides is 3. The first-order chi connectivity index (χ1) is 11.5. The van der Waals surface area contributed by atoms with E-state index < -0.39 is 0 Å². The number of aromatic nitrogens is 1. The van der Waals surface area contributed by atoms with Crippen LogP contribution in [0.3, 0.4) is 0 Å². The van der Waals surface area contributed by atoms with Crippen molar-refractivity contribution in [1.82, 2.24) is 20.5 Å². The van der Waals surface area contributed by atoms with Gasteiger partial charge in [-0.3, -0.25) is 9.78 Å². The number of urea groups is 1. The lowest BCUT2D eigenvalue weighted by Gasteiger charge is -2.15. The van der Waals surface area contributed by atoms with Crippen molar-refractivity contribution in [1.29, 1.82) is 0 Å². The lowest BCUT2D eigenvalue weighted by atomic mass is 10.00. The summed E-state index contributed by atoms with van der Waals surface area (Å²) in [6, 6.07) is 5.81. The van der Waals surface area contributed by atoms with Crippen molar-refractivity contribution in [3.05, 3.63) is 40.6 Å². The van der Waals surface area contributed by atoms with Crippen LogP contribution >= 0.6 is 0 Å².